The van der Waals surface area contributed by atoms with Crippen LogP contribution in [0.3, 0.4) is 0 Å². The quantitative estimate of drug-likeness (QED) is 0.783. The molecule has 1 atom stereocenters. The molecule has 0 saturated heterocycles. The van der Waals surface area contributed by atoms with Crippen molar-refractivity contribution in [2.45, 2.75) is 32.7 Å². The zero-order chi connectivity index (χ0) is 10.8. The molecule has 1 aromatic rings. The predicted octanol–water partition coefficient (Wildman–Crippen LogP) is 0.912. The van der Waals surface area contributed by atoms with E-state index >= 15 is 0 Å². The molecule has 78 valence electrons. The van der Waals surface area contributed by atoms with E-state index in [1.54, 1.807) is 13.8 Å². The number of nitrogens with one attached hydrogen (secondary N) is 1. The van der Waals surface area contributed by atoms with Gasteiger partial charge in [0.2, 0.25) is 11.0 Å². The standard InChI is InChI=1S/C8H14N4OS/c1-4-8(3,9)6(13)11-7-10-5(2)12-14-7/h4,9H2,1-3H3,(H,10,11,12,13). The van der Waals surface area contributed by atoms with E-state index in [1.807, 2.05) is 6.92 Å². The number of rotatable bonds is 3. The first-order chi connectivity index (χ1) is 6.45. The largest absolute Gasteiger partial charge is 0.318 e. The minimum atomic E-state index is -0.848. The Balaban J connectivity index is 2.66. The molecule has 1 amide bonds. The average molecular weight is 214 g/mol. The molecule has 0 radical (unpaired) electrons. The van der Waals surface area contributed by atoms with Crippen LogP contribution >= 0.6 is 11.5 Å². The van der Waals surface area contributed by atoms with E-state index in [0.29, 0.717) is 17.4 Å². The molecule has 5 nitrogen and oxygen atoms in total. The highest BCUT2D eigenvalue weighted by Crippen LogP contribution is 2.13. The number of carbonyl (C=O) groups is 1. The molecule has 1 heterocycles. The maximum Gasteiger partial charge on any atom is 0.245 e. The van der Waals surface area contributed by atoms with Crippen molar-refractivity contribution in [3.05, 3.63) is 5.82 Å². The number of aryl methyl sites for hydroxylation is 1. The molecule has 14 heavy (non-hydrogen) atoms. The van der Waals surface area contributed by atoms with Gasteiger partial charge < -0.3 is 5.73 Å². The Kier molecular flexibility index (Phi) is 3.17. The molecule has 0 aromatic carbocycles. The monoisotopic (exact) mass is 214 g/mol. The highest BCUT2D eigenvalue weighted by molar-refractivity contribution is 7.09. The van der Waals surface area contributed by atoms with Crippen molar-refractivity contribution in [3.8, 4) is 0 Å². The number of hydrogen-bond acceptors (Lipinski definition) is 5. The van der Waals surface area contributed by atoms with E-state index in [1.165, 1.54) is 0 Å². The fourth-order valence-corrected chi connectivity index (χ4v) is 1.32. The van der Waals surface area contributed by atoms with E-state index in [2.05, 4.69) is 14.7 Å². The number of carbonyl (C=O) groups excluding carboxylic acids is 1. The van der Waals surface area contributed by atoms with Crippen LogP contribution in [0.5, 0.6) is 0 Å². The summed E-state index contributed by atoms with van der Waals surface area (Å²) in [6, 6.07) is 0. The summed E-state index contributed by atoms with van der Waals surface area (Å²) in [5, 5.41) is 3.13. The first kappa shape index (κ1) is 11.1. The normalized spacial score (nSPS) is 14.9. The number of amides is 1. The third-order valence-electron chi connectivity index (χ3n) is 2.00. The van der Waals surface area contributed by atoms with Crippen LogP contribution in [0.2, 0.25) is 0 Å². The van der Waals surface area contributed by atoms with Gasteiger partial charge in [-0.15, -0.1) is 0 Å². The first-order valence-electron chi connectivity index (χ1n) is 4.36. The van der Waals surface area contributed by atoms with Gasteiger partial charge in [0, 0.05) is 11.5 Å². The van der Waals surface area contributed by atoms with Crippen molar-refractivity contribution in [1.82, 2.24) is 9.36 Å². The highest BCUT2D eigenvalue weighted by Gasteiger charge is 2.26. The highest BCUT2D eigenvalue weighted by atomic mass is 32.1. The average Bonchev–Trinajstić information content (AvgIpc) is 2.51. The summed E-state index contributed by atoms with van der Waals surface area (Å²) in [7, 11) is 0. The SMILES string of the molecule is CCC(C)(N)C(=O)Nc1nc(C)ns1. The number of anilines is 1. The molecule has 0 fully saturated rings. The van der Waals surface area contributed by atoms with Crippen LogP contribution in [0.4, 0.5) is 5.13 Å². The van der Waals surface area contributed by atoms with Gasteiger partial charge in [0.25, 0.3) is 0 Å². The van der Waals surface area contributed by atoms with Crippen molar-refractivity contribution >= 4 is 22.6 Å². The minimum Gasteiger partial charge on any atom is -0.318 e. The van der Waals surface area contributed by atoms with E-state index in [9.17, 15) is 4.79 Å². The van der Waals surface area contributed by atoms with Crippen molar-refractivity contribution in [3.63, 3.8) is 0 Å². The maximum absolute atomic E-state index is 11.6. The summed E-state index contributed by atoms with van der Waals surface area (Å²) >= 11 is 1.16. The van der Waals surface area contributed by atoms with Gasteiger partial charge in [-0.3, -0.25) is 10.1 Å². The topological polar surface area (TPSA) is 80.9 Å². The minimum absolute atomic E-state index is 0.226. The van der Waals surface area contributed by atoms with E-state index in [0.717, 1.165) is 11.5 Å². The van der Waals surface area contributed by atoms with Gasteiger partial charge in [-0.2, -0.15) is 4.37 Å². The summed E-state index contributed by atoms with van der Waals surface area (Å²) in [6.07, 6.45) is 0.580. The van der Waals surface area contributed by atoms with Crippen LogP contribution in [0.1, 0.15) is 26.1 Å². The lowest BCUT2D eigenvalue weighted by Crippen LogP contribution is -2.47. The molecule has 0 aliphatic carbocycles. The van der Waals surface area contributed by atoms with E-state index in [4.69, 9.17) is 5.73 Å². The van der Waals surface area contributed by atoms with E-state index < -0.39 is 5.54 Å². The summed E-state index contributed by atoms with van der Waals surface area (Å²) in [5.41, 5.74) is 4.91. The molecule has 0 spiro atoms. The zero-order valence-electron chi connectivity index (χ0n) is 8.50. The van der Waals surface area contributed by atoms with Gasteiger partial charge in [-0.25, -0.2) is 4.98 Å². The van der Waals surface area contributed by atoms with Crippen molar-refractivity contribution in [1.29, 1.82) is 0 Å². The Morgan fingerprint density at radius 3 is 2.79 bits per heavy atom. The molecule has 6 heteroatoms. The van der Waals surface area contributed by atoms with Gasteiger partial charge in [-0.1, -0.05) is 6.92 Å². The number of nitrogens with zero attached hydrogens (tertiary/aromatic N) is 2. The van der Waals surface area contributed by atoms with Crippen molar-refractivity contribution in [2.24, 2.45) is 5.73 Å². The van der Waals surface area contributed by atoms with Gasteiger partial charge in [0.1, 0.15) is 5.82 Å². The summed E-state index contributed by atoms with van der Waals surface area (Å²) in [5.74, 6) is 0.427. The Labute approximate surface area is 86.9 Å². The second-order valence-corrected chi connectivity index (χ2v) is 4.12. The smallest absolute Gasteiger partial charge is 0.245 e. The third kappa shape index (κ3) is 2.49. The Hall–Kier alpha value is -1.01. The Morgan fingerprint density at radius 1 is 1.71 bits per heavy atom. The lowest BCUT2D eigenvalue weighted by atomic mass is 10.00. The summed E-state index contributed by atoms with van der Waals surface area (Å²) in [6.45, 7) is 5.33. The number of hydrogen-bond donors (Lipinski definition) is 2. The summed E-state index contributed by atoms with van der Waals surface area (Å²) in [4.78, 5) is 15.6. The van der Waals surface area contributed by atoms with Gasteiger partial charge in [-0.05, 0) is 20.3 Å². The lowest BCUT2D eigenvalue weighted by molar-refractivity contribution is -0.120. The zero-order valence-corrected chi connectivity index (χ0v) is 9.31. The van der Waals surface area contributed by atoms with Crippen LogP contribution in [-0.2, 0) is 4.79 Å². The molecule has 0 aliphatic rings. The van der Waals surface area contributed by atoms with E-state index in [-0.39, 0.29) is 5.91 Å². The fourth-order valence-electron chi connectivity index (χ4n) is 0.748. The third-order valence-corrected chi connectivity index (χ3v) is 2.72. The molecule has 1 unspecified atom stereocenters. The van der Waals surface area contributed by atoms with Crippen molar-refractivity contribution < 1.29 is 4.79 Å². The van der Waals surface area contributed by atoms with Gasteiger partial charge in [0.05, 0.1) is 5.54 Å². The predicted molar refractivity (Wildman–Crippen MR) is 56.2 cm³/mol. The maximum atomic E-state index is 11.6. The summed E-state index contributed by atoms with van der Waals surface area (Å²) < 4.78 is 3.95. The molecule has 1 rings (SSSR count). The van der Waals surface area contributed by atoms with Gasteiger partial charge in [0.15, 0.2) is 0 Å². The van der Waals surface area contributed by atoms with Crippen LogP contribution in [-0.4, -0.2) is 20.8 Å². The molecule has 0 saturated carbocycles. The van der Waals surface area contributed by atoms with Crippen LogP contribution in [0, 0.1) is 6.92 Å². The molecular formula is C8H14N4OS. The number of aromatic nitrogens is 2. The molecule has 3 N–H and O–H groups in total. The first-order valence-corrected chi connectivity index (χ1v) is 5.13. The van der Waals surface area contributed by atoms with Crippen LogP contribution < -0.4 is 11.1 Å². The second kappa shape index (κ2) is 4.02. The fraction of sp³-hybridized carbons (Fsp3) is 0.625. The second-order valence-electron chi connectivity index (χ2n) is 3.37. The molecule has 0 aliphatic heterocycles. The Bertz CT molecular complexity index is 334. The van der Waals surface area contributed by atoms with Gasteiger partial charge >= 0.3 is 0 Å². The van der Waals surface area contributed by atoms with Crippen LogP contribution in [0.25, 0.3) is 0 Å². The van der Waals surface area contributed by atoms with Crippen molar-refractivity contribution in [2.75, 3.05) is 5.32 Å². The lowest BCUT2D eigenvalue weighted by Gasteiger charge is -2.20. The molecular weight excluding hydrogens is 200 g/mol. The number of nitrogens with two attached hydrogens (primary N) is 1. The molecule has 1 aromatic heterocycles. The van der Waals surface area contributed by atoms with Crippen LogP contribution in [0.15, 0.2) is 0 Å². The Morgan fingerprint density at radius 2 is 2.36 bits per heavy atom. The molecule has 0 bridgehead atoms.